The zero-order valence-corrected chi connectivity index (χ0v) is 15.7. The zero-order chi connectivity index (χ0) is 18.1. The fraction of sp³-hybridized carbons (Fsp3) is 0.368. The second-order valence-corrected chi connectivity index (χ2v) is 7.64. The topological polar surface area (TPSA) is 63.9 Å². The van der Waals surface area contributed by atoms with Gasteiger partial charge in [-0.3, -0.25) is 9.48 Å². The van der Waals surface area contributed by atoms with Crippen LogP contribution in [0.1, 0.15) is 40.8 Å². The Labute approximate surface area is 156 Å². The molecule has 0 bridgehead atoms. The molecule has 1 atom stereocenters. The van der Waals surface area contributed by atoms with Crippen LogP contribution in [0.2, 0.25) is 0 Å². The fourth-order valence-electron chi connectivity index (χ4n) is 3.39. The van der Waals surface area contributed by atoms with Crippen molar-refractivity contribution in [2.75, 3.05) is 13.1 Å². The minimum absolute atomic E-state index is 0.0126. The Bertz CT molecular complexity index is 918. The third-order valence-electron chi connectivity index (χ3n) is 4.65. The molecule has 0 unspecified atom stereocenters. The number of hydrogen-bond donors (Lipinski definition) is 0. The predicted molar refractivity (Wildman–Crippen MR) is 101 cm³/mol. The molecule has 0 spiro atoms. The van der Waals surface area contributed by atoms with Gasteiger partial charge in [-0.2, -0.15) is 5.10 Å². The quantitative estimate of drug-likeness (QED) is 0.713. The summed E-state index contributed by atoms with van der Waals surface area (Å²) >= 11 is 1.68. The molecule has 0 saturated carbocycles. The van der Waals surface area contributed by atoms with Crippen molar-refractivity contribution in [3.8, 4) is 10.6 Å². The minimum Gasteiger partial charge on any atom is -0.337 e. The number of aromatic nitrogens is 4. The Morgan fingerprint density at radius 2 is 2.19 bits per heavy atom. The van der Waals surface area contributed by atoms with Crippen molar-refractivity contribution >= 4 is 17.2 Å². The van der Waals surface area contributed by atoms with Gasteiger partial charge >= 0.3 is 0 Å². The molecular weight excluding hydrogens is 346 g/mol. The van der Waals surface area contributed by atoms with E-state index in [1.807, 2.05) is 31.0 Å². The van der Waals surface area contributed by atoms with Crippen LogP contribution in [0.5, 0.6) is 0 Å². The summed E-state index contributed by atoms with van der Waals surface area (Å²) < 4.78 is 1.66. The van der Waals surface area contributed by atoms with Crippen molar-refractivity contribution < 1.29 is 4.79 Å². The predicted octanol–water partition coefficient (Wildman–Crippen LogP) is 3.27. The highest BCUT2D eigenvalue weighted by atomic mass is 32.1. The van der Waals surface area contributed by atoms with E-state index in [0.29, 0.717) is 12.2 Å². The van der Waals surface area contributed by atoms with E-state index in [-0.39, 0.29) is 11.8 Å². The summed E-state index contributed by atoms with van der Waals surface area (Å²) in [7, 11) is 1.82. The highest BCUT2D eigenvalue weighted by molar-refractivity contribution is 7.13. The molecule has 4 heterocycles. The van der Waals surface area contributed by atoms with E-state index in [1.54, 1.807) is 28.3 Å². The number of likely N-dealkylation sites (tertiary alicyclic amines) is 1. The van der Waals surface area contributed by atoms with Crippen molar-refractivity contribution in [2.24, 2.45) is 7.05 Å². The number of thiophene rings is 1. The van der Waals surface area contributed by atoms with E-state index in [1.165, 1.54) is 0 Å². The van der Waals surface area contributed by atoms with Crippen LogP contribution >= 0.6 is 11.3 Å². The number of hydrogen-bond acceptors (Lipinski definition) is 5. The van der Waals surface area contributed by atoms with Crippen molar-refractivity contribution in [1.82, 2.24) is 24.6 Å². The van der Waals surface area contributed by atoms with Gasteiger partial charge in [-0.05, 0) is 43.3 Å². The molecule has 1 saturated heterocycles. The maximum atomic E-state index is 12.7. The smallest absolute Gasteiger partial charge is 0.274 e. The summed E-state index contributed by atoms with van der Waals surface area (Å²) in [6.45, 7) is 3.40. The third kappa shape index (κ3) is 3.39. The molecule has 134 valence electrons. The third-order valence-corrected chi connectivity index (χ3v) is 5.54. The Kier molecular flexibility index (Phi) is 4.55. The molecule has 26 heavy (non-hydrogen) atoms. The van der Waals surface area contributed by atoms with Gasteiger partial charge in [0.25, 0.3) is 5.91 Å². The molecule has 7 heteroatoms. The van der Waals surface area contributed by atoms with Crippen molar-refractivity contribution in [2.45, 2.75) is 25.7 Å². The van der Waals surface area contributed by atoms with Gasteiger partial charge < -0.3 is 4.90 Å². The fourth-order valence-corrected chi connectivity index (χ4v) is 4.07. The Balaban J connectivity index is 1.57. The summed E-state index contributed by atoms with van der Waals surface area (Å²) in [6.07, 6.45) is 3.75. The number of amides is 1. The van der Waals surface area contributed by atoms with Crippen LogP contribution in [0.4, 0.5) is 0 Å². The van der Waals surface area contributed by atoms with Gasteiger partial charge in [0.05, 0.1) is 10.6 Å². The number of aryl methyl sites for hydroxylation is 2. The molecule has 6 nitrogen and oxygen atoms in total. The normalized spacial score (nSPS) is 17.5. The second-order valence-electron chi connectivity index (χ2n) is 6.70. The zero-order valence-electron chi connectivity index (χ0n) is 14.9. The average molecular weight is 367 g/mol. The first-order valence-electron chi connectivity index (χ1n) is 8.78. The summed E-state index contributed by atoms with van der Waals surface area (Å²) in [6, 6.07) is 7.90. The summed E-state index contributed by atoms with van der Waals surface area (Å²) in [5, 5.41) is 6.30. The van der Waals surface area contributed by atoms with Gasteiger partial charge in [0.2, 0.25) is 0 Å². The molecule has 0 N–H and O–H groups in total. The lowest BCUT2D eigenvalue weighted by Gasteiger charge is -2.31. The van der Waals surface area contributed by atoms with Crippen LogP contribution in [0.3, 0.4) is 0 Å². The van der Waals surface area contributed by atoms with E-state index in [0.717, 1.165) is 41.5 Å². The lowest BCUT2D eigenvalue weighted by molar-refractivity contribution is 0.0697. The molecule has 3 aromatic heterocycles. The van der Waals surface area contributed by atoms with Gasteiger partial charge in [-0.25, -0.2) is 9.97 Å². The van der Waals surface area contributed by atoms with Crippen LogP contribution in [0, 0.1) is 6.92 Å². The van der Waals surface area contributed by atoms with E-state index >= 15 is 0 Å². The number of rotatable bonds is 3. The minimum atomic E-state index is -0.0126. The molecule has 0 aromatic carbocycles. The molecule has 4 rings (SSSR count). The van der Waals surface area contributed by atoms with Gasteiger partial charge in [0, 0.05) is 37.9 Å². The first kappa shape index (κ1) is 16.9. The number of carbonyl (C=O) groups is 1. The second kappa shape index (κ2) is 6.99. The first-order valence-corrected chi connectivity index (χ1v) is 9.66. The van der Waals surface area contributed by atoms with E-state index in [9.17, 15) is 4.79 Å². The average Bonchev–Trinajstić information content (AvgIpc) is 3.32. The standard InChI is InChI=1S/C19H21N5OS/c1-13-11-16(17-6-4-10-26-17)21-18(20-13)14-5-3-8-24(12-14)19(25)15-7-9-23(2)22-15/h4,6-7,9-11,14H,3,5,8,12H2,1-2H3/t14-/m1/s1. The number of carbonyl (C=O) groups excluding carboxylic acids is 1. The van der Waals surface area contributed by atoms with Crippen LogP contribution < -0.4 is 0 Å². The molecular formula is C19H21N5OS. The monoisotopic (exact) mass is 367 g/mol. The van der Waals surface area contributed by atoms with Gasteiger partial charge in [0.1, 0.15) is 11.5 Å². The van der Waals surface area contributed by atoms with Gasteiger partial charge in [-0.15, -0.1) is 11.3 Å². The van der Waals surface area contributed by atoms with Crippen LogP contribution in [-0.4, -0.2) is 43.6 Å². The Morgan fingerprint density at radius 1 is 1.31 bits per heavy atom. The molecule has 3 aromatic rings. The first-order chi connectivity index (χ1) is 12.6. The van der Waals surface area contributed by atoms with Crippen molar-refractivity contribution in [1.29, 1.82) is 0 Å². The SMILES string of the molecule is Cc1cc(-c2cccs2)nc([C@@H]2CCCN(C(=O)c3ccn(C)n3)C2)n1. The highest BCUT2D eigenvalue weighted by Gasteiger charge is 2.28. The Hall–Kier alpha value is -2.54. The van der Waals surface area contributed by atoms with Crippen molar-refractivity contribution in [3.63, 3.8) is 0 Å². The van der Waals surface area contributed by atoms with Gasteiger partial charge in [0.15, 0.2) is 0 Å². The maximum absolute atomic E-state index is 12.7. The molecule has 1 amide bonds. The van der Waals surface area contributed by atoms with Crippen LogP contribution in [0.15, 0.2) is 35.8 Å². The molecule has 1 aliphatic rings. The summed E-state index contributed by atoms with van der Waals surface area (Å²) in [5.41, 5.74) is 2.43. The van der Waals surface area contributed by atoms with Gasteiger partial charge in [-0.1, -0.05) is 6.07 Å². The molecule has 1 aliphatic heterocycles. The van der Waals surface area contributed by atoms with E-state index in [2.05, 4.69) is 21.5 Å². The number of nitrogens with zero attached hydrogens (tertiary/aromatic N) is 5. The summed E-state index contributed by atoms with van der Waals surface area (Å²) in [5.74, 6) is 0.989. The molecule has 0 aliphatic carbocycles. The number of piperidine rings is 1. The molecule has 0 radical (unpaired) electrons. The highest BCUT2D eigenvalue weighted by Crippen LogP contribution is 2.29. The lowest BCUT2D eigenvalue weighted by Crippen LogP contribution is -2.39. The van der Waals surface area contributed by atoms with Crippen molar-refractivity contribution in [3.05, 3.63) is 53.1 Å². The maximum Gasteiger partial charge on any atom is 0.274 e. The Morgan fingerprint density at radius 3 is 2.92 bits per heavy atom. The largest absolute Gasteiger partial charge is 0.337 e. The summed E-state index contributed by atoms with van der Waals surface area (Å²) in [4.78, 5) is 25.2. The van der Waals surface area contributed by atoms with Crippen LogP contribution in [-0.2, 0) is 7.05 Å². The molecule has 1 fully saturated rings. The van der Waals surface area contributed by atoms with E-state index in [4.69, 9.17) is 4.98 Å². The van der Waals surface area contributed by atoms with Crippen LogP contribution in [0.25, 0.3) is 10.6 Å². The van der Waals surface area contributed by atoms with E-state index < -0.39 is 0 Å². The lowest BCUT2D eigenvalue weighted by atomic mass is 9.96.